The van der Waals surface area contributed by atoms with E-state index in [9.17, 15) is 14.7 Å². The molecule has 1 N–H and O–H groups in total. The number of hydrogen-bond donors (Lipinski definition) is 1. The molecule has 0 spiro atoms. The van der Waals surface area contributed by atoms with Crippen molar-refractivity contribution in [2.24, 2.45) is 0 Å². The first kappa shape index (κ1) is 26.5. The molecule has 0 unspecified atom stereocenters. The molecule has 6 heteroatoms. The van der Waals surface area contributed by atoms with Gasteiger partial charge in [0, 0.05) is 24.5 Å². The fourth-order valence-electron chi connectivity index (χ4n) is 4.67. The van der Waals surface area contributed by atoms with Crippen molar-refractivity contribution in [3.05, 3.63) is 65.5 Å². The Morgan fingerprint density at radius 1 is 0.943 bits per heavy atom. The summed E-state index contributed by atoms with van der Waals surface area (Å²) in [5.41, 5.74) is 1.30. The van der Waals surface area contributed by atoms with Gasteiger partial charge in [-0.2, -0.15) is 0 Å². The number of benzene rings is 1. The first-order valence-corrected chi connectivity index (χ1v) is 12.9. The summed E-state index contributed by atoms with van der Waals surface area (Å²) in [6.07, 6.45) is 15.3. The van der Waals surface area contributed by atoms with Gasteiger partial charge in [0.2, 0.25) is 0 Å². The molecule has 2 heterocycles. The number of aliphatic hydroxyl groups excluding tert-OH is 1. The molecule has 0 aliphatic carbocycles. The van der Waals surface area contributed by atoms with Crippen molar-refractivity contribution in [2.75, 3.05) is 13.7 Å². The molecule has 0 bridgehead atoms. The van der Waals surface area contributed by atoms with Gasteiger partial charge in [-0.3, -0.25) is 14.6 Å². The number of carbonyl (C=O) groups is 2. The lowest BCUT2D eigenvalue weighted by Crippen LogP contribution is -2.30. The van der Waals surface area contributed by atoms with Crippen molar-refractivity contribution < 1.29 is 19.4 Å². The number of nitrogens with zero attached hydrogens (tertiary/aromatic N) is 2. The first-order chi connectivity index (χ1) is 17.1. The fraction of sp³-hybridized carbons (Fsp3) is 0.483. The number of Topliss-reactive ketones (excluding diaryl/α,β-unsaturated/α-hetero) is 1. The van der Waals surface area contributed by atoms with E-state index in [4.69, 9.17) is 4.74 Å². The maximum Gasteiger partial charge on any atom is 0.295 e. The van der Waals surface area contributed by atoms with Crippen LogP contribution in [-0.2, 0) is 9.59 Å². The number of hydrogen-bond acceptors (Lipinski definition) is 5. The Labute approximate surface area is 209 Å². The van der Waals surface area contributed by atoms with Crippen LogP contribution in [0, 0.1) is 0 Å². The predicted octanol–water partition coefficient (Wildman–Crippen LogP) is 6.43. The molecule has 6 nitrogen and oxygen atoms in total. The Kier molecular flexibility index (Phi) is 10.3. The summed E-state index contributed by atoms with van der Waals surface area (Å²) in [7, 11) is 1.57. The summed E-state index contributed by atoms with van der Waals surface area (Å²) in [5.74, 6) is -0.749. The van der Waals surface area contributed by atoms with E-state index < -0.39 is 17.7 Å². The summed E-state index contributed by atoms with van der Waals surface area (Å²) >= 11 is 0. The van der Waals surface area contributed by atoms with E-state index in [1.165, 1.54) is 44.9 Å². The smallest absolute Gasteiger partial charge is 0.295 e. The number of likely N-dealkylation sites (tertiary alicyclic amines) is 1. The predicted molar refractivity (Wildman–Crippen MR) is 138 cm³/mol. The molecule has 2 aromatic rings. The highest BCUT2D eigenvalue weighted by atomic mass is 16.5. The monoisotopic (exact) mass is 478 g/mol. The second kappa shape index (κ2) is 13.7. The maximum absolute atomic E-state index is 13.1. The van der Waals surface area contributed by atoms with Crippen LogP contribution >= 0.6 is 0 Å². The first-order valence-electron chi connectivity index (χ1n) is 12.9. The molecule has 0 radical (unpaired) electrons. The van der Waals surface area contributed by atoms with Crippen molar-refractivity contribution in [1.29, 1.82) is 0 Å². The molecule has 1 aliphatic heterocycles. The zero-order valence-electron chi connectivity index (χ0n) is 21.0. The lowest BCUT2D eigenvalue weighted by Gasteiger charge is -2.25. The highest BCUT2D eigenvalue weighted by Gasteiger charge is 2.45. The minimum absolute atomic E-state index is 0.111. The second-order valence-corrected chi connectivity index (χ2v) is 9.19. The number of ketones is 1. The summed E-state index contributed by atoms with van der Waals surface area (Å²) < 4.78 is 5.19. The molecule has 3 rings (SSSR count). The number of aliphatic hydroxyl groups is 1. The number of methoxy groups -OCH3 is 1. The molecule has 1 saturated heterocycles. The van der Waals surface area contributed by atoms with Crippen LogP contribution in [0.15, 0.2) is 54.4 Å². The number of amides is 1. The molecular weight excluding hydrogens is 440 g/mol. The SMILES string of the molecule is CCCCCCCCCCCCN1C(=O)C(=O)C(=C(O)c2ccc(OC)cc2)[C@@H]1c1cccnc1. The van der Waals surface area contributed by atoms with Gasteiger partial charge >= 0.3 is 0 Å². The lowest BCUT2D eigenvalue weighted by atomic mass is 9.96. The normalized spacial score (nSPS) is 17.2. The van der Waals surface area contributed by atoms with Crippen molar-refractivity contribution in [3.8, 4) is 5.75 Å². The van der Waals surface area contributed by atoms with Crippen LogP contribution in [-0.4, -0.2) is 40.3 Å². The van der Waals surface area contributed by atoms with E-state index in [-0.39, 0.29) is 11.3 Å². The summed E-state index contributed by atoms with van der Waals surface area (Å²) in [5, 5.41) is 11.1. The zero-order valence-corrected chi connectivity index (χ0v) is 21.0. The largest absolute Gasteiger partial charge is 0.507 e. The van der Waals surface area contributed by atoms with Gasteiger partial charge in [-0.1, -0.05) is 70.8 Å². The zero-order chi connectivity index (χ0) is 25.0. The van der Waals surface area contributed by atoms with Gasteiger partial charge < -0.3 is 14.7 Å². The van der Waals surface area contributed by atoms with Gasteiger partial charge in [-0.05, 0) is 42.3 Å². The molecule has 1 aromatic heterocycles. The highest BCUT2D eigenvalue weighted by Crippen LogP contribution is 2.39. The Balaban J connectivity index is 1.69. The standard InChI is InChI=1S/C29H38N2O4/c1-3-4-5-6-7-8-9-10-11-12-20-31-26(23-14-13-19-30-21-23)25(28(33)29(31)34)27(32)22-15-17-24(35-2)18-16-22/h13-19,21,26,32H,3-12,20H2,1-2H3/t26-/m0/s1. The molecular formula is C29H38N2O4. The summed E-state index contributed by atoms with van der Waals surface area (Å²) in [6.45, 7) is 2.71. The van der Waals surface area contributed by atoms with Gasteiger partial charge in [0.05, 0.1) is 18.7 Å². The topological polar surface area (TPSA) is 79.7 Å². The van der Waals surface area contributed by atoms with Gasteiger partial charge in [-0.25, -0.2) is 0 Å². The molecule has 0 saturated carbocycles. The minimum atomic E-state index is -0.653. The second-order valence-electron chi connectivity index (χ2n) is 9.19. The van der Waals surface area contributed by atoms with E-state index in [1.807, 2.05) is 6.07 Å². The van der Waals surface area contributed by atoms with Crippen LogP contribution in [0.4, 0.5) is 0 Å². The minimum Gasteiger partial charge on any atom is -0.507 e. The van der Waals surface area contributed by atoms with E-state index >= 15 is 0 Å². The van der Waals surface area contributed by atoms with Crippen LogP contribution < -0.4 is 4.74 Å². The average molecular weight is 479 g/mol. The van der Waals surface area contributed by atoms with Gasteiger partial charge in [0.25, 0.3) is 11.7 Å². The number of pyridine rings is 1. The Bertz CT molecular complexity index is 986. The number of aromatic nitrogens is 1. The number of unbranched alkanes of at least 4 members (excludes halogenated alkanes) is 9. The van der Waals surface area contributed by atoms with E-state index in [0.717, 1.165) is 19.3 Å². The fourth-order valence-corrected chi connectivity index (χ4v) is 4.67. The summed E-state index contributed by atoms with van der Waals surface area (Å²) in [6, 6.07) is 9.78. The molecule has 188 valence electrons. The van der Waals surface area contributed by atoms with E-state index in [2.05, 4.69) is 11.9 Å². The van der Waals surface area contributed by atoms with Crippen LogP contribution in [0.5, 0.6) is 5.75 Å². The van der Waals surface area contributed by atoms with Crippen molar-refractivity contribution >= 4 is 17.4 Å². The third-order valence-corrected chi connectivity index (χ3v) is 6.66. The van der Waals surface area contributed by atoms with E-state index in [1.54, 1.807) is 54.7 Å². The third kappa shape index (κ3) is 6.93. The van der Waals surface area contributed by atoms with Crippen LogP contribution in [0.25, 0.3) is 5.76 Å². The maximum atomic E-state index is 13.1. The highest BCUT2D eigenvalue weighted by molar-refractivity contribution is 6.46. The molecule has 1 fully saturated rings. The van der Waals surface area contributed by atoms with Gasteiger partial charge in [-0.15, -0.1) is 0 Å². The number of ether oxygens (including phenoxy) is 1. The molecule has 1 amide bonds. The lowest BCUT2D eigenvalue weighted by molar-refractivity contribution is -0.139. The number of rotatable bonds is 14. The van der Waals surface area contributed by atoms with Gasteiger partial charge in [0.1, 0.15) is 11.5 Å². The van der Waals surface area contributed by atoms with Crippen molar-refractivity contribution in [1.82, 2.24) is 9.88 Å². The van der Waals surface area contributed by atoms with Crippen molar-refractivity contribution in [3.63, 3.8) is 0 Å². The van der Waals surface area contributed by atoms with Crippen molar-refractivity contribution in [2.45, 2.75) is 77.2 Å². The quantitative estimate of drug-likeness (QED) is 0.146. The summed E-state index contributed by atoms with van der Waals surface area (Å²) in [4.78, 5) is 31.9. The Hall–Kier alpha value is -3.15. The van der Waals surface area contributed by atoms with E-state index in [0.29, 0.717) is 23.4 Å². The molecule has 1 aliphatic rings. The van der Waals surface area contributed by atoms with Crippen LogP contribution in [0.1, 0.15) is 88.3 Å². The van der Waals surface area contributed by atoms with Crippen LogP contribution in [0.3, 0.4) is 0 Å². The molecule has 35 heavy (non-hydrogen) atoms. The Morgan fingerprint density at radius 2 is 1.57 bits per heavy atom. The average Bonchev–Trinajstić information content (AvgIpc) is 3.15. The van der Waals surface area contributed by atoms with Crippen LogP contribution in [0.2, 0.25) is 0 Å². The number of carbonyl (C=O) groups excluding carboxylic acids is 2. The Morgan fingerprint density at radius 3 is 2.14 bits per heavy atom. The molecule has 1 atom stereocenters. The van der Waals surface area contributed by atoms with Gasteiger partial charge in [0.15, 0.2) is 0 Å². The molecule has 1 aromatic carbocycles. The third-order valence-electron chi connectivity index (χ3n) is 6.66.